The van der Waals surface area contributed by atoms with Crippen LogP contribution in [0, 0.1) is 0 Å². The SMILES string of the molecule is CCCCC/C=C\C/C=C\CCCCCCCCOCC(CSCc1ccccc1)OCCCCCCCC/C=C\C/C=C\CCCCC. The normalized spacial score (nSPS) is 12.9. The first kappa shape index (κ1) is 45.5. The van der Waals surface area contributed by atoms with Crippen LogP contribution in [0.15, 0.2) is 78.9 Å². The van der Waals surface area contributed by atoms with Gasteiger partial charge in [0.25, 0.3) is 0 Å². The average Bonchev–Trinajstić information content (AvgIpc) is 3.12. The second kappa shape index (κ2) is 39.2. The zero-order chi connectivity index (χ0) is 35.0. The van der Waals surface area contributed by atoms with Crippen LogP contribution in [0.2, 0.25) is 0 Å². The molecule has 0 saturated carbocycles. The van der Waals surface area contributed by atoms with E-state index in [1.807, 2.05) is 11.8 Å². The maximum absolute atomic E-state index is 6.36. The van der Waals surface area contributed by atoms with Gasteiger partial charge in [-0.1, -0.05) is 170 Å². The van der Waals surface area contributed by atoms with Crippen LogP contribution in [0.25, 0.3) is 0 Å². The highest BCUT2D eigenvalue weighted by molar-refractivity contribution is 7.98. The van der Waals surface area contributed by atoms with Gasteiger partial charge in [0.15, 0.2) is 0 Å². The Labute approximate surface area is 310 Å². The van der Waals surface area contributed by atoms with Crippen LogP contribution in [0.4, 0.5) is 0 Å². The van der Waals surface area contributed by atoms with Crippen molar-refractivity contribution in [3.63, 3.8) is 0 Å². The van der Waals surface area contributed by atoms with Crippen molar-refractivity contribution < 1.29 is 9.47 Å². The summed E-state index contributed by atoms with van der Waals surface area (Å²) < 4.78 is 12.5. The maximum Gasteiger partial charge on any atom is 0.0898 e. The zero-order valence-electron chi connectivity index (χ0n) is 32.3. The lowest BCUT2D eigenvalue weighted by atomic mass is 10.1. The molecule has 0 amide bonds. The Morgan fingerprint density at radius 2 is 0.959 bits per heavy atom. The van der Waals surface area contributed by atoms with Crippen LogP contribution in [0.1, 0.15) is 174 Å². The van der Waals surface area contributed by atoms with E-state index in [9.17, 15) is 0 Å². The average molecular weight is 695 g/mol. The number of hydrogen-bond donors (Lipinski definition) is 0. The first-order valence-corrected chi connectivity index (χ1v) is 21.9. The van der Waals surface area contributed by atoms with E-state index in [4.69, 9.17) is 9.47 Å². The molecule has 1 aromatic rings. The summed E-state index contributed by atoms with van der Waals surface area (Å²) in [4.78, 5) is 0. The second-order valence-electron chi connectivity index (χ2n) is 13.7. The number of thioether (sulfide) groups is 1. The van der Waals surface area contributed by atoms with E-state index < -0.39 is 0 Å². The number of hydrogen-bond acceptors (Lipinski definition) is 3. The zero-order valence-corrected chi connectivity index (χ0v) is 33.1. The number of unbranched alkanes of at least 4 members (excludes halogenated alkanes) is 18. The Balaban J connectivity index is 2.07. The van der Waals surface area contributed by atoms with Crippen molar-refractivity contribution in [2.45, 2.75) is 180 Å². The van der Waals surface area contributed by atoms with Gasteiger partial charge in [-0.2, -0.15) is 11.8 Å². The van der Waals surface area contributed by atoms with Gasteiger partial charge in [0.1, 0.15) is 0 Å². The molecule has 0 spiro atoms. The first-order valence-electron chi connectivity index (χ1n) is 20.8. The van der Waals surface area contributed by atoms with Crippen molar-refractivity contribution in [3.05, 3.63) is 84.5 Å². The molecule has 0 radical (unpaired) electrons. The molecule has 0 aliphatic carbocycles. The summed E-state index contributed by atoms with van der Waals surface area (Å²) in [5.74, 6) is 2.04. The largest absolute Gasteiger partial charge is 0.379 e. The molecule has 0 heterocycles. The standard InChI is InChI=1S/C46H78O2S/c1-3-5-7-9-11-13-15-17-19-21-23-25-27-29-31-36-40-47-42-46(44-49-43-45-38-34-33-35-39-45)48-41-37-32-30-28-26-24-22-20-18-16-14-12-10-8-6-4-2/h11-14,17-20,33-35,38-39,46H,3-10,15-16,21-32,36-37,40-44H2,1-2H3/b13-11-,14-12-,19-17-,20-18-. The third-order valence-electron chi connectivity index (χ3n) is 8.91. The lowest BCUT2D eigenvalue weighted by Crippen LogP contribution is -2.23. The quantitative estimate of drug-likeness (QED) is 0.0510. The molecular weight excluding hydrogens is 617 g/mol. The van der Waals surface area contributed by atoms with E-state index in [1.54, 1.807) is 0 Å². The Kier molecular flexibility index (Phi) is 36.4. The summed E-state index contributed by atoms with van der Waals surface area (Å²) in [7, 11) is 0. The van der Waals surface area contributed by atoms with Crippen molar-refractivity contribution in [2.75, 3.05) is 25.6 Å². The molecule has 49 heavy (non-hydrogen) atoms. The fourth-order valence-corrected chi connectivity index (χ4v) is 6.78. The molecular formula is C46H78O2S. The first-order chi connectivity index (χ1) is 24.4. The van der Waals surface area contributed by atoms with Crippen molar-refractivity contribution in [1.82, 2.24) is 0 Å². The molecule has 1 unspecified atom stereocenters. The number of benzene rings is 1. The Morgan fingerprint density at radius 3 is 1.47 bits per heavy atom. The summed E-state index contributed by atoms with van der Waals surface area (Å²) in [5, 5.41) is 0. The van der Waals surface area contributed by atoms with Crippen LogP contribution in [0.3, 0.4) is 0 Å². The third-order valence-corrected chi connectivity index (χ3v) is 10.1. The highest BCUT2D eigenvalue weighted by Gasteiger charge is 2.10. The molecule has 0 fully saturated rings. The van der Waals surface area contributed by atoms with Crippen molar-refractivity contribution >= 4 is 11.8 Å². The molecule has 0 aliphatic heterocycles. The molecule has 2 nitrogen and oxygen atoms in total. The molecule has 0 N–H and O–H groups in total. The number of allylic oxidation sites excluding steroid dienone is 8. The minimum Gasteiger partial charge on any atom is -0.379 e. The fourth-order valence-electron chi connectivity index (χ4n) is 5.77. The number of rotatable bonds is 37. The van der Waals surface area contributed by atoms with Crippen LogP contribution >= 0.6 is 11.8 Å². The minimum absolute atomic E-state index is 0.191. The van der Waals surface area contributed by atoms with Crippen LogP contribution in [-0.2, 0) is 15.2 Å². The smallest absolute Gasteiger partial charge is 0.0898 e. The highest BCUT2D eigenvalue weighted by Crippen LogP contribution is 2.16. The van der Waals surface area contributed by atoms with E-state index >= 15 is 0 Å². The van der Waals surface area contributed by atoms with E-state index in [0.717, 1.165) is 50.6 Å². The topological polar surface area (TPSA) is 18.5 Å². The lowest BCUT2D eigenvalue weighted by molar-refractivity contribution is -0.00622. The molecule has 0 aromatic heterocycles. The Morgan fingerprint density at radius 1 is 0.510 bits per heavy atom. The van der Waals surface area contributed by atoms with Crippen LogP contribution in [0.5, 0.6) is 0 Å². The summed E-state index contributed by atoms with van der Waals surface area (Å²) in [5.41, 5.74) is 1.39. The molecule has 3 heteroatoms. The third kappa shape index (κ3) is 34.7. The number of ether oxygens (including phenoxy) is 2. The van der Waals surface area contributed by atoms with Crippen LogP contribution in [-0.4, -0.2) is 31.7 Å². The van der Waals surface area contributed by atoms with Gasteiger partial charge in [0.05, 0.1) is 12.7 Å². The predicted molar refractivity (Wildman–Crippen MR) is 222 cm³/mol. The molecule has 0 aliphatic rings. The fraction of sp³-hybridized carbons (Fsp3) is 0.696. The maximum atomic E-state index is 6.36. The van der Waals surface area contributed by atoms with Crippen LogP contribution < -0.4 is 0 Å². The second-order valence-corrected chi connectivity index (χ2v) is 14.8. The van der Waals surface area contributed by atoms with Gasteiger partial charge in [-0.25, -0.2) is 0 Å². The van der Waals surface area contributed by atoms with Gasteiger partial charge < -0.3 is 9.47 Å². The van der Waals surface area contributed by atoms with Gasteiger partial charge >= 0.3 is 0 Å². The Bertz CT molecular complexity index is 890. The summed E-state index contributed by atoms with van der Waals surface area (Å²) in [6.45, 7) is 6.98. The van der Waals surface area contributed by atoms with E-state index in [1.165, 1.54) is 140 Å². The van der Waals surface area contributed by atoms with Crippen molar-refractivity contribution in [2.24, 2.45) is 0 Å². The monoisotopic (exact) mass is 695 g/mol. The minimum atomic E-state index is 0.191. The van der Waals surface area contributed by atoms with Gasteiger partial charge in [-0.3, -0.25) is 0 Å². The van der Waals surface area contributed by atoms with Gasteiger partial charge in [0, 0.05) is 24.7 Å². The highest BCUT2D eigenvalue weighted by atomic mass is 32.2. The van der Waals surface area contributed by atoms with Crippen molar-refractivity contribution in [1.29, 1.82) is 0 Å². The summed E-state index contributed by atoms with van der Waals surface area (Å²) >= 11 is 1.97. The van der Waals surface area contributed by atoms with Gasteiger partial charge in [0.2, 0.25) is 0 Å². The van der Waals surface area contributed by atoms with Gasteiger partial charge in [-0.15, -0.1) is 0 Å². The van der Waals surface area contributed by atoms with Gasteiger partial charge in [-0.05, 0) is 82.6 Å². The molecule has 280 valence electrons. The van der Waals surface area contributed by atoms with E-state index in [2.05, 4.69) is 92.8 Å². The molecule has 1 atom stereocenters. The molecule has 0 saturated heterocycles. The van der Waals surface area contributed by atoms with Crippen molar-refractivity contribution in [3.8, 4) is 0 Å². The predicted octanol–water partition coefficient (Wildman–Crippen LogP) is 14.9. The molecule has 0 bridgehead atoms. The molecule has 1 rings (SSSR count). The lowest BCUT2D eigenvalue weighted by Gasteiger charge is -2.18. The Hall–Kier alpha value is -1.55. The summed E-state index contributed by atoms with van der Waals surface area (Å²) in [6, 6.07) is 10.8. The molecule has 1 aromatic carbocycles. The summed E-state index contributed by atoms with van der Waals surface area (Å²) in [6.07, 6.45) is 49.7. The van der Waals surface area contributed by atoms with E-state index in [0.29, 0.717) is 0 Å². The van der Waals surface area contributed by atoms with E-state index in [-0.39, 0.29) is 6.10 Å².